The molecule has 0 saturated heterocycles. The Labute approximate surface area is 98.5 Å². The van der Waals surface area contributed by atoms with E-state index in [1.165, 1.54) is 0 Å². The number of nitrogen functional groups attached to an aromatic ring is 1. The minimum atomic E-state index is -0.0811. The lowest BCUT2D eigenvalue weighted by Crippen LogP contribution is -2.30. The third kappa shape index (κ3) is 2.28. The van der Waals surface area contributed by atoms with E-state index in [1.54, 1.807) is 6.20 Å². The first-order chi connectivity index (χ1) is 8.11. The van der Waals surface area contributed by atoms with Crippen LogP contribution in [0.25, 0.3) is 11.0 Å². The molecular weight excluding hydrogens is 220 g/mol. The number of nitrogens with zero attached hydrogens (tertiary/aromatic N) is 3. The number of fused-ring (bicyclic) bond motifs is 1. The second kappa shape index (κ2) is 4.54. The molecular formula is C10H16N6O. The van der Waals surface area contributed by atoms with Crippen molar-refractivity contribution in [1.82, 2.24) is 20.2 Å². The normalized spacial score (nSPS) is 13.2. The summed E-state index contributed by atoms with van der Waals surface area (Å²) in [5.41, 5.74) is 6.19. The van der Waals surface area contributed by atoms with Crippen LogP contribution in [0.3, 0.4) is 0 Å². The van der Waals surface area contributed by atoms with Crippen molar-refractivity contribution >= 4 is 22.8 Å². The Balaban J connectivity index is 2.37. The van der Waals surface area contributed by atoms with E-state index in [9.17, 15) is 5.11 Å². The number of aliphatic hydroxyl groups is 1. The van der Waals surface area contributed by atoms with Crippen molar-refractivity contribution in [2.24, 2.45) is 5.92 Å². The van der Waals surface area contributed by atoms with Gasteiger partial charge in [0.2, 0.25) is 5.95 Å². The molecule has 2 heterocycles. The molecule has 0 spiro atoms. The van der Waals surface area contributed by atoms with Gasteiger partial charge in [-0.3, -0.25) is 5.10 Å². The van der Waals surface area contributed by atoms with Crippen molar-refractivity contribution in [3.63, 3.8) is 0 Å². The van der Waals surface area contributed by atoms with Gasteiger partial charge in [0, 0.05) is 0 Å². The molecule has 0 aromatic carbocycles. The molecule has 7 nitrogen and oxygen atoms in total. The lowest BCUT2D eigenvalue weighted by molar-refractivity contribution is 0.249. The zero-order valence-electron chi connectivity index (χ0n) is 9.81. The first-order valence-corrected chi connectivity index (χ1v) is 5.45. The van der Waals surface area contributed by atoms with Crippen LogP contribution in [-0.2, 0) is 0 Å². The molecule has 2 aromatic heterocycles. The quantitative estimate of drug-likeness (QED) is 0.610. The van der Waals surface area contributed by atoms with Gasteiger partial charge in [-0.1, -0.05) is 13.8 Å². The van der Waals surface area contributed by atoms with E-state index in [-0.39, 0.29) is 24.5 Å². The van der Waals surface area contributed by atoms with Crippen molar-refractivity contribution in [3.05, 3.63) is 6.20 Å². The van der Waals surface area contributed by atoms with E-state index in [2.05, 4.69) is 25.5 Å². The molecule has 0 fully saturated rings. The van der Waals surface area contributed by atoms with E-state index in [1.807, 2.05) is 13.8 Å². The van der Waals surface area contributed by atoms with E-state index < -0.39 is 0 Å². The van der Waals surface area contributed by atoms with Gasteiger partial charge < -0.3 is 16.2 Å². The smallest absolute Gasteiger partial charge is 0.224 e. The Hall–Kier alpha value is -1.89. The summed E-state index contributed by atoms with van der Waals surface area (Å²) < 4.78 is 0. The fraction of sp³-hybridized carbons (Fsp3) is 0.500. The van der Waals surface area contributed by atoms with E-state index in [4.69, 9.17) is 5.73 Å². The predicted molar refractivity (Wildman–Crippen MR) is 65.4 cm³/mol. The molecule has 7 heteroatoms. The largest absolute Gasteiger partial charge is 0.394 e. The van der Waals surface area contributed by atoms with Crippen molar-refractivity contribution in [3.8, 4) is 0 Å². The number of nitrogens with one attached hydrogen (secondary N) is 2. The fourth-order valence-corrected chi connectivity index (χ4v) is 1.56. The summed E-state index contributed by atoms with van der Waals surface area (Å²) in [7, 11) is 0. The molecule has 0 radical (unpaired) electrons. The van der Waals surface area contributed by atoms with Gasteiger partial charge in [0.25, 0.3) is 0 Å². The number of nitrogens with two attached hydrogens (primary N) is 1. The lowest BCUT2D eigenvalue weighted by atomic mass is 10.1. The molecule has 92 valence electrons. The van der Waals surface area contributed by atoms with Crippen LogP contribution in [0.15, 0.2) is 6.20 Å². The molecule has 0 aliphatic rings. The summed E-state index contributed by atoms with van der Waals surface area (Å²) >= 11 is 0. The van der Waals surface area contributed by atoms with E-state index >= 15 is 0 Å². The standard InChI is InChI=1S/C10H16N6O/c1-5(2)7(4-17)13-8-6-3-12-16-9(6)15-10(11)14-8/h3,5,7,17H,4H2,1-2H3,(H4,11,12,13,14,15,16)/t7-/m1/s1. The zero-order chi connectivity index (χ0) is 12.4. The number of rotatable bonds is 4. The monoisotopic (exact) mass is 236 g/mol. The van der Waals surface area contributed by atoms with Gasteiger partial charge in [-0.25, -0.2) is 0 Å². The van der Waals surface area contributed by atoms with Gasteiger partial charge in [-0.2, -0.15) is 15.1 Å². The van der Waals surface area contributed by atoms with Gasteiger partial charge in [-0.05, 0) is 5.92 Å². The van der Waals surface area contributed by atoms with Crippen molar-refractivity contribution < 1.29 is 5.11 Å². The molecule has 2 aromatic rings. The van der Waals surface area contributed by atoms with Gasteiger partial charge >= 0.3 is 0 Å². The predicted octanol–water partition coefficient (Wildman–Crippen LogP) is 0.364. The Bertz CT molecular complexity index is 508. The number of hydrogen-bond acceptors (Lipinski definition) is 6. The molecule has 5 N–H and O–H groups in total. The van der Waals surface area contributed by atoms with Gasteiger partial charge in [0.15, 0.2) is 5.65 Å². The van der Waals surface area contributed by atoms with Crippen LogP contribution >= 0.6 is 0 Å². The topological polar surface area (TPSA) is 113 Å². The highest BCUT2D eigenvalue weighted by Gasteiger charge is 2.15. The lowest BCUT2D eigenvalue weighted by Gasteiger charge is -2.20. The highest BCUT2D eigenvalue weighted by molar-refractivity contribution is 5.86. The number of aromatic amines is 1. The Kier molecular flexibility index (Phi) is 3.10. The van der Waals surface area contributed by atoms with E-state index in [0.29, 0.717) is 11.5 Å². The molecule has 0 aliphatic carbocycles. The van der Waals surface area contributed by atoms with Crippen LogP contribution in [0.4, 0.5) is 11.8 Å². The highest BCUT2D eigenvalue weighted by atomic mass is 16.3. The van der Waals surface area contributed by atoms with Gasteiger partial charge in [0.1, 0.15) is 5.82 Å². The Morgan fingerprint density at radius 3 is 2.88 bits per heavy atom. The van der Waals surface area contributed by atoms with Crippen LogP contribution in [0.2, 0.25) is 0 Å². The van der Waals surface area contributed by atoms with Crippen LogP contribution in [0.5, 0.6) is 0 Å². The van der Waals surface area contributed by atoms with Gasteiger partial charge in [0.05, 0.1) is 24.2 Å². The third-order valence-corrected chi connectivity index (χ3v) is 2.65. The minimum absolute atomic E-state index is 0.0287. The number of anilines is 2. The average Bonchev–Trinajstić information content (AvgIpc) is 2.72. The van der Waals surface area contributed by atoms with Crippen LogP contribution in [0.1, 0.15) is 13.8 Å². The fourth-order valence-electron chi connectivity index (χ4n) is 1.56. The maximum Gasteiger partial charge on any atom is 0.224 e. The molecule has 0 amide bonds. The van der Waals surface area contributed by atoms with Crippen molar-refractivity contribution in [2.45, 2.75) is 19.9 Å². The molecule has 17 heavy (non-hydrogen) atoms. The first-order valence-electron chi connectivity index (χ1n) is 5.45. The summed E-state index contributed by atoms with van der Waals surface area (Å²) in [6.45, 7) is 4.07. The van der Waals surface area contributed by atoms with Crippen molar-refractivity contribution in [1.29, 1.82) is 0 Å². The molecule has 0 unspecified atom stereocenters. The molecule has 1 atom stereocenters. The average molecular weight is 236 g/mol. The second-order valence-electron chi connectivity index (χ2n) is 4.24. The van der Waals surface area contributed by atoms with E-state index in [0.717, 1.165) is 5.39 Å². The first kappa shape index (κ1) is 11.6. The number of aliphatic hydroxyl groups excluding tert-OH is 1. The van der Waals surface area contributed by atoms with Gasteiger partial charge in [-0.15, -0.1) is 0 Å². The molecule has 0 aliphatic heterocycles. The Morgan fingerprint density at radius 1 is 1.47 bits per heavy atom. The summed E-state index contributed by atoms with van der Waals surface area (Å²) in [4.78, 5) is 8.15. The van der Waals surface area contributed by atoms with Crippen molar-refractivity contribution in [2.75, 3.05) is 17.7 Å². The SMILES string of the molecule is CC(C)[C@@H](CO)Nc1nc(N)nc2[nH]ncc12. The molecule has 2 rings (SSSR count). The Morgan fingerprint density at radius 2 is 2.24 bits per heavy atom. The summed E-state index contributed by atoms with van der Waals surface area (Å²) in [5, 5.41) is 19.8. The molecule has 0 bridgehead atoms. The number of H-pyrrole nitrogens is 1. The zero-order valence-corrected chi connectivity index (χ0v) is 9.81. The maximum atomic E-state index is 9.29. The minimum Gasteiger partial charge on any atom is -0.394 e. The second-order valence-corrected chi connectivity index (χ2v) is 4.24. The maximum absolute atomic E-state index is 9.29. The molecule has 0 saturated carbocycles. The highest BCUT2D eigenvalue weighted by Crippen LogP contribution is 2.20. The third-order valence-electron chi connectivity index (χ3n) is 2.65. The summed E-state index contributed by atoms with van der Waals surface area (Å²) in [6.07, 6.45) is 1.63. The van der Waals surface area contributed by atoms with Crippen LogP contribution in [0, 0.1) is 5.92 Å². The van der Waals surface area contributed by atoms with Crippen LogP contribution in [-0.4, -0.2) is 37.9 Å². The summed E-state index contributed by atoms with van der Waals surface area (Å²) in [5.74, 6) is 1.04. The number of aromatic nitrogens is 4. The van der Waals surface area contributed by atoms with Crippen LogP contribution < -0.4 is 11.1 Å². The summed E-state index contributed by atoms with van der Waals surface area (Å²) in [6, 6.07) is -0.0811. The number of hydrogen-bond donors (Lipinski definition) is 4.